The number of benzene rings is 1. The van der Waals surface area contributed by atoms with Gasteiger partial charge in [-0.3, -0.25) is 0 Å². The molecule has 0 heterocycles. The molecule has 0 fully saturated rings. The summed E-state index contributed by atoms with van der Waals surface area (Å²) in [7, 11) is 1.55. The average Bonchev–Trinajstić information content (AvgIpc) is 2.37. The third kappa shape index (κ3) is 5.71. The molecule has 1 aromatic rings. The van der Waals surface area contributed by atoms with E-state index in [1.54, 1.807) is 27.8 Å². The van der Waals surface area contributed by atoms with Gasteiger partial charge in [0.15, 0.2) is 0 Å². The van der Waals surface area contributed by atoms with Crippen LogP contribution in [-0.2, 0) is 4.74 Å². The fraction of sp³-hybridized carbons (Fsp3) is 0.500. The summed E-state index contributed by atoms with van der Waals surface area (Å²) in [6.07, 6.45) is -0.511. The van der Waals surface area contributed by atoms with Crippen molar-refractivity contribution in [2.24, 2.45) is 5.11 Å². The first-order valence-corrected chi connectivity index (χ1v) is 6.46. The second-order valence-electron chi connectivity index (χ2n) is 5.63. The van der Waals surface area contributed by atoms with Crippen molar-refractivity contribution in [2.75, 3.05) is 13.6 Å². The van der Waals surface area contributed by atoms with Crippen LogP contribution in [0.2, 0.25) is 0 Å². The molecule has 0 saturated carbocycles. The second kappa shape index (κ2) is 6.95. The van der Waals surface area contributed by atoms with Gasteiger partial charge in [0.25, 0.3) is 0 Å². The fourth-order valence-corrected chi connectivity index (χ4v) is 1.63. The number of carbonyl (C=O) groups is 1. The molecule has 0 aliphatic heterocycles. The van der Waals surface area contributed by atoms with Crippen LogP contribution in [0, 0.1) is 5.82 Å². The minimum atomic E-state index is -0.604. The summed E-state index contributed by atoms with van der Waals surface area (Å²) >= 11 is 0. The SMILES string of the molecule is CN(CC(N=[N+]=[N-])c1ccc(F)cc1)C(=O)OC(C)(C)C. The molecule has 6 nitrogen and oxygen atoms in total. The van der Waals surface area contributed by atoms with Crippen molar-refractivity contribution in [2.45, 2.75) is 32.4 Å². The van der Waals surface area contributed by atoms with E-state index in [0.29, 0.717) is 5.56 Å². The van der Waals surface area contributed by atoms with Gasteiger partial charge in [-0.1, -0.05) is 17.2 Å². The number of likely N-dealkylation sites (N-methyl/N-ethyl adjacent to an activating group) is 1. The number of hydrogen-bond donors (Lipinski definition) is 0. The zero-order valence-electron chi connectivity index (χ0n) is 12.6. The molecule has 1 amide bonds. The summed E-state index contributed by atoms with van der Waals surface area (Å²) < 4.78 is 18.2. The number of rotatable bonds is 4. The van der Waals surface area contributed by atoms with Gasteiger partial charge in [-0.15, -0.1) is 0 Å². The van der Waals surface area contributed by atoms with Crippen LogP contribution in [0.1, 0.15) is 32.4 Å². The molecule has 0 saturated heterocycles. The Morgan fingerprint density at radius 3 is 2.48 bits per heavy atom. The Morgan fingerprint density at radius 1 is 1.43 bits per heavy atom. The van der Waals surface area contributed by atoms with Gasteiger partial charge in [-0.2, -0.15) is 0 Å². The lowest BCUT2D eigenvalue weighted by Gasteiger charge is -2.26. The minimum Gasteiger partial charge on any atom is -0.444 e. The first-order chi connectivity index (χ1) is 9.73. The highest BCUT2D eigenvalue weighted by atomic mass is 19.1. The van der Waals surface area contributed by atoms with Crippen molar-refractivity contribution in [3.05, 3.63) is 46.1 Å². The summed E-state index contributed by atoms with van der Waals surface area (Å²) in [6.45, 7) is 5.45. The molecule has 0 spiro atoms. The third-order valence-electron chi connectivity index (χ3n) is 2.60. The zero-order valence-corrected chi connectivity index (χ0v) is 12.6. The maximum Gasteiger partial charge on any atom is 0.410 e. The van der Waals surface area contributed by atoms with E-state index in [2.05, 4.69) is 10.0 Å². The van der Waals surface area contributed by atoms with Crippen LogP contribution in [-0.4, -0.2) is 30.2 Å². The molecule has 0 bridgehead atoms. The molecule has 1 atom stereocenters. The Balaban J connectivity index is 2.81. The highest BCUT2D eigenvalue weighted by molar-refractivity contribution is 5.67. The van der Waals surface area contributed by atoms with Gasteiger partial charge in [-0.25, -0.2) is 9.18 Å². The molecule has 0 N–H and O–H groups in total. The molecule has 1 aromatic carbocycles. The van der Waals surface area contributed by atoms with Gasteiger partial charge in [-0.05, 0) is 44.0 Å². The molecular formula is C14H19FN4O2. The lowest BCUT2D eigenvalue weighted by molar-refractivity contribution is 0.0289. The van der Waals surface area contributed by atoms with Gasteiger partial charge in [0.1, 0.15) is 11.4 Å². The number of azide groups is 1. The van der Waals surface area contributed by atoms with Crippen molar-refractivity contribution in [3.63, 3.8) is 0 Å². The van der Waals surface area contributed by atoms with Crippen LogP contribution >= 0.6 is 0 Å². The molecule has 7 heteroatoms. The van der Waals surface area contributed by atoms with Crippen molar-refractivity contribution >= 4 is 6.09 Å². The van der Waals surface area contributed by atoms with E-state index in [1.165, 1.54) is 29.2 Å². The fourth-order valence-electron chi connectivity index (χ4n) is 1.63. The molecule has 21 heavy (non-hydrogen) atoms. The minimum absolute atomic E-state index is 0.143. The number of carbonyl (C=O) groups excluding carboxylic acids is 1. The standard InChI is InChI=1S/C14H19FN4O2/c1-14(2,3)21-13(20)19(4)9-12(17-18-16)10-5-7-11(15)8-6-10/h5-8,12H,9H2,1-4H3. The van der Waals surface area contributed by atoms with E-state index in [9.17, 15) is 9.18 Å². The van der Waals surface area contributed by atoms with Gasteiger partial charge in [0.2, 0.25) is 0 Å². The Bertz CT molecular complexity index is 533. The van der Waals surface area contributed by atoms with Crippen LogP contribution in [0.15, 0.2) is 29.4 Å². The Labute approximate surface area is 123 Å². The highest BCUT2D eigenvalue weighted by Crippen LogP contribution is 2.20. The number of amides is 1. The van der Waals surface area contributed by atoms with E-state index < -0.39 is 17.7 Å². The molecule has 0 aliphatic rings. The molecular weight excluding hydrogens is 275 g/mol. The monoisotopic (exact) mass is 294 g/mol. The maximum atomic E-state index is 12.9. The molecule has 0 aliphatic carbocycles. The van der Waals surface area contributed by atoms with Gasteiger partial charge < -0.3 is 9.64 Å². The predicted octanol–water partition coefficient (Wildman–Crippen LogP) is 4.04. The van der Waals surface area contributed by atoms with Gasteiger partial charge in [0.05, 0.1) is 6.04 Å². The quantitative estimate of drug-likeness (QED) is 0.477. The topological polar surface area (TPSA) is 78.3 Å². The van der Waals surface area contributed by atoms with Crippen LogP contribution in [0.4, 0.5) is 9.18 Å². The number of hydrogen-bond acceptors (Lipinski definition) is 3. The van der Waals surface area contributed by atoms with Gasteiger partial charge >= 0.3 is 6.09 Å². The summed E-state index contributed by atoms with van der Waals surface area (Å²) in [5.41, 5.74) is 8.67. The maximum absolute atomic E-state index is 12.9. The van der Waals surface area contributed by atoms with Crippen LogP contribution in [0.5, 0.6) is 0 Å². The van der Waals surface area contributed by atoms with Crippen LogP contribution in [0.3, 0.4) is 0 Å². The Hall–Kier alpha value is -2.27. The lowest BCUT2D eigenvalue weighted by atomic mass is 10.1. The summed E-state index contributed by atoms with van der Waals surface area (Å²) in [5.74, 6) is -0.376. The van der Waals surface area contributed by atoms with Crippen molar-refractivity contribution in [1.82, 2.24) is 4.90 Å². The zero-order chi connectivity index (χ0) is 16.0. The van der Waals surface area contributed by atoms with E-state index in [1.807, 2.05) is 0 Å². The molecule has 1 rings (SSSR count). The normalized spacial score (nSPS) is 12.2. The second-order valence-corrected chi connectivity index (χ2v) is 5.63. The molecule has 0 radical (unpaired) electrons. The number of halogens is 1. The van der Waals surface area contributed by atoms with Gasteiger partial charge in [0, 0.05) is 18.5 Å². The molecule has 114 valence electrons. The van der Waals surface area contributed by atoms with E-state index in [4.69, 9.17) is 10.3 Å². The molecule has 0 aromatic heterocycles. The highest BCUT2D eigenvalue weighted by Gasteiger charge is 2.22. The van der Waals surface area contributed by atoms with E-state index in [0.717, 1.165) is 0 Å². The first kappa shape index (κ1) is 16.8. The largest absolute Gasteiger partial charge is 0.444 e. The van der Waals surface area contributed by atoms with E-state index >= 15 is 0 Å². The Morgan fingerprint density at radius 2 is 2.00 bits per heavy atom. The number of ether oxygens (including phenoxy) is 1. The van der Waals surface area contributed by atoms with Crippen LogP contribution in [0.25, 0.3) is 10.4 Å². The predicted molar refractivity (Wildman–Crippen MR) is 77.2 cm³/mol. The van der Waals surface area contributed by atoms with E-state index in [-0.39, 0.29) is 12.4 Å². The third-order valence-corrected chi connectivity index (χ3v) is 2.60. The smallest absolute Gasteiger partial charge is 0.410 e. The number of nitrogens with zero attached hydrogens (tertiary/aromatic N) is 4. The summed E-state index contributed by atoms with van der Waals surface area (Å²) in [6, 6.07) is 5.01. The summed E-state index contributed by atoms with van der Waals surface area (Å²) in [4.78, 5) is 16.0. The van der Waals surface area contributed by atoms with Crippen molar-refractivity contribution in [1.29, 1.82) is 0 Å². The average molecular weight is 294 g/mol. The summed E-state index contributed by atoms with van der Waals surface area (Å²) in [5, 5.41) is 3.65. The molecule has 1 unspecified atom stereocenters. The first-order valence-electron chi connectivity index (χ1n) is 6.46. The van der Waals surface area contributed by atoms with Crippen molar-refractivity contribution in [3.8, 4) is 0 Å². The Kier molecular flexibility index (Phi) is 5.55. The van der Waals surface area contributed by atoms with Crippen molar-refractivity contribution < 1.29 is 13.9 Å². The lowest BCUT2D eigenvalue weighted by Crippen LogP contribution is -2.36. The van der Waals surface area contributed by atoms with Crippen LogP contribution < -0.4 is 0 Å².